The van der Waals surface area contributed by atoms with Crippen molar-refractivity contribution in [2.24, 2.45) is 0 Å². The van der Waals surface area contributed by atoms with Gasteiger partial charge in [0.15, 0.2) is 37.3 Å². The van der Waals surface area contributed by atoms with Crippen LogP contribution in [0, 0.1) is 0 Å². The van der Waals surface area contributed by atoms with E-state index in [2.05, 4.69) is 0 Å². The number of para-hydroxylation sites is 4. The molecule has 260 valence electrons. The summed E-state index contributed by atoms with van der Waals surface area (Å²) >= 11 is 0. The Morgan fingerprint density at radius 2 is 0.569 bits per heavy atom. The lowest BCUT2D eigenvalue weighted by Crippen LogP contribution is -2.21. The topological polar surface area (TPSA) is 71.1 Å². The molecule has 0 saturated heterocycles. The zero-order valence-electron chi connectivity index (χ0n) is 28.5. The van der Waals surface area contributed by atoms with Crippen molar-refractivity contribution < 1.29 is 28.1 Å². The lowest BCUT2D eigenvalue weighted by atomic mass is 10.2. The number of benzene rings is 6. The molecule has 0 spiro atoms. The molecule has 0 atom stereocenters. The van der Waals surface area contributed by atoms with Crippen LogP contribution in [0.15, 0.2) is 170 Å². The molecule has 0 aliphatic rings. The van der Waals surface area contributed by atoms with Crippen molar-refractivity contribution in [2.45, 2.75) is 19.3 Å². The molecule has 0 heterocycles. The quantitative estimate of drug-likeness (QED) is 0.0654. The minimum absolute atomic E-state index is 0.0278. The maximum Gasteiger partial charge on any atom is 0.178 e. The molecule has 0 N–H and O–H groups in total. The summed E-state index contributed by atoms with van der Waals surface area (Å²) in [5.41, 5.74) is 0. The van der Waals surface area contributed by atoms with Gasteiger partial charge in [-0.3, -0.25) is 0 Å². The first-order chi connectivity index (χ1) is 25.1. The Bertz CT molecular complexity index is 1800. The largest absolute Gasteiger partial charge is 0.490 e. The second-order valence-corrected chi connectivity index (χ2v) is 17.6. The van der Waals surface area contributed by atoms with Crippen LogP contribution < -0.4 is 40.2 Å². The number of hydrogen-bond acceptors (Lipinski definition) is 6. The fourth-order valence-electron chi connectivity index (χ4n) is 5.71. The van der Waals surface area contributed by atoms with Crippen molar-refractivity contribution in [1.29, 1.82) is 0 Å². The van der Waals surface area contributed by atoms with Crippen molar-refractivity contribution in [3.8, 4) is 23.0 Å². The molecule has 8 heteroatoms. The third-order valence-electron chi connectivity index (χ3n) is 8.50. The molecule has 0 amide bonds. The number of hydrogen-bond donors (Lipinski definition) is 0. The Labute approximate surface area is 300 Å². The van der Waals surface area contributed by atoms with E-state index in [1.807, 2.05) is 170 Å². The van der Waals surface area contributed by atoms with E-state index in [0.717, 1.165) is 40.5 Å². The van der Waals surface area contributed by atoms with Crippen LogP contribution in [0.5, 0.6) is 23.0 Å². The van der Waals surface area contributed by atoms with Gasteiger partial charge < -0.3 is 28.1 Å². The van der Waals surface area contributed by atoms with Crippen molar-refractivity contribution in [3.63, 3.8) is 0 Å². The second-order valence-electron chi connectivity index (χ2n) is 12.0. The van der Waals surface area contributed by atoms with Crippen molar-refractivity contribution >= 4 is 35.5 Å². The summed E-state index contributed by atoms with van der Waals surface area (Å²) in [5, 5.41) is 3.02. The van der Waals surface area contributed by atoms with Gasteiger partial charge in [-0.2, -0.15) is 0 Å². The Balaban J connectivity index is 0.990. The smallest absolute Gasteiger partial charge is 0.178 e. The summed E-state index contributed by atoms with van der Waals surface area (Å²) in [6.07, 6.45) is 2.58. The van der Waals surface area contributed by atoms with Crippen LogP contribution in [0.3, 0.4) is 0 Å². The van der Waals surface area contributed by atoms with Crippen molar-refractivity contribution in [1.82, 2.24) is 0 Å². The van der Waals surface area contributed by atoms with Gasteiger partial charge in [0.1, 0.15) is 12.7 Å². The minimum atomic E-state index is -3.04. The molecule has 51 heavy (non-hydrogen) atoms. The molecular formula is C43H42O6P2. The highest BCUT2D eigenvalue weighted by Crippen LogP contribution is 2.45. The van der Waals surface area contributed by atoms with Crippen LogP contribution >= 0.6 is 14.3 Å². The van der Waals surface area contributed by atoms with Crippen LogP contribution in [-0.4, -0.2) is 25.9 Å². The van der Waals surface area contributed by atoms with Crippen LogP contribution in [0.25, 0.3) is 0 Å². The monoisotopic (exact) mass is 716 g/mol. The molecule has 0 unspecified atom stereocenters. The summed E-state index contributed by atoms with van der Waals surface area (Å²) in [6, 6.07) is 53.1. The Morgan fingerprint density at radius 1 is 0.314 bits per heavy atom. The van der Waals surface area contributed by atoms with E-state index in [1.54, 1.807) is 0 Å². The summed E-state index contributed by atoms with van der Waals surface area (Å²) in [5.74, 6) is 2.37. The molecule has 0 saturated carbocycles. The average molecular weight is 717 g/mol. The maximum atomic E-state index is 14.4. The molecule has 6 nitrogen and oxygen atoms in total. The highest BCUT2D eigenvalue weighted by molar-refractivity contribution is 7.79. The van der Waals surface area contributed by atoms with E-state index in [0.29, 0.717) is 36.2 Å². The first kappa shape index (κ1) is 35.8. The van der Waals surface area contributed by atoms with Gasteiger partial charge in [0.2, 0.25) is 0 Å². The molecule has 6 aromatic rings. The molecule has 0 fully saturated rings. The second kappa shape index (κ2) is 17.8. The van der Waals surface area contributed by atoms with Gasteiger partial charge in [-0.1, -0.05) is 146 Å². The summed E-state index contributed by atoms with van der Waals surface area (Å²) in [6.45, 7) is 1.01. The Kier molecular flexibility index (Phi) is 12.5. The molecule has 0 aliphatic heterocycles. The van der Waals surface area contributed by atoms with E-state index in [1.165, 1.54) is 0 Å². The molecule has 0 radical (unpaired) electrons. The van der Waals surface area contributed by atoms with Gasteiger partial charge in [-0.25, -0.2) is 0 Å². The molecule has 0 aromatic heterocycles. The minimum Gasteiger partial charge on any atom is -0.490 e. The molecular weight excluding hydrogens is 674 g/mol. The third-order valence-corrected chi connectivity index (χ3v) is 14.0. The Hall–Kier alpha value is -5.02. The van der Waals surface area contributed by atoms with Crippen LogP contribution in [0.2, 0.25) is 0 Å². The van der Waals surface area contributed by atoms with Gasteiger partial charge in [0.25, 0.3) is 0 Å². The zero-order valence-corrected chi connectivity index (χ0v) is 30.2. The predicted octanol–water partition coefficient (Wildman–Crippen LogP) is 9.02. The van der Waals surface area contributed by atoms with Gasteiger partial charge in [0.05, 0.1) is 13.2 Å². The van der Waals surface area contributed by atoms with Crippen LogP contribution in [-0.2, 0) is 9.13 Å². The number of rotatable bonds is 18. The standard InChI is InChI=1S/C43H42O6P2/c44-50(36-20-6-1-7-21-36,37-22-8-2-9-23-37)34-48-42-30-16-14-28-40(42)46-32-18-5-19-33-47-41-29-15-17-31-43(41)49-35-51(45,38-24-10-3-11-25-38)39-26-12-4-13-27-39/h1-4,6-17,20-31H,5,18-19,32-35H2. The van der Waals surface area contributed by atoms with Gasteiger partial charge in [-0.15, -0.1) is 0 Å². The lowest BCUT2D eigenvalue weighted by Gasteiger charge is -2.21. The fraction of sp³-hybridized carbons (Fsp3) is 0.163. The first-order valence-corrected chi connectivity index (χ1v) is 20.9. The van der Waals surface area contributed by atoms with Crippen molar-refractivity contribution in [2.75, 3.05) is 25.9 Å². The summed E-state index contributed by atoms with van der Waals surface area (Å²) in [7, 11) is -6.08. The highest BCUT2D eigenvalue weighted by Gasteiger charge is 2.30. The van der Waals surface area contributed by atoms with Gasteiger partial charge in [-0.05, 0) is 43.5 Å². The van der Waals surface area contributed by atoms with E-state index in [4.69, 9.17) is 18.9 Å². The fourth-order valence-corrected chi connectivity index (χ4v) is 10.2. The van der Waals surface area contributed by atoms with E-state index in [9.17, 15) is 9.13 Å². The maximum absolute atomic E-state index is 14.4. The van der Waals surface area contributed by atoms with E-state index >= 15 is 0 Å². The summed E-state index contributed by atoms with van der Waals surface area (Å²) in [4.78, 5) is 0. The number of unbranched alkanes of at least 4 members (excludes halogenated alkanes) is 2. The normalized spacial score (nSPS) is 11.5. The number of ether oxygens (including phenoxy) is 4. The van der Waals surface area contributed by atoms with E-state index in [-0.39, 0.29) is 12.7 Å². The zero-order chi connectivity index (χ0) is 35.2. The highest BCUT2D eigenvalue weighted by atomic mass is 31.2. The summed E-state index contributed by atoms with van der Waals surface area (Å²) < 4.78 is 53.5. The Morgan fingerprint density at radius 3 is 0.863 bits per heavy atom. The van der Waals surface area contributed by atoms with Crippen LogP contribution in [0.4, 0.5) is 0 Å². The van der Waals surface area contributed by atoms with Crippen molar-refractivity contribution in [3.05, 3.63) is 170 Å². The molecule has 6 aromatic carbocycles. The van der Waals surface area contributed by atoms with Gasteiger partial charge in [0, 0.05) is 21.2 Å². The average Bonchev–Trinajstić information content (AvgIpc) is 3.20. The third kappa shape index (κ3) is 9.21. The SMILES string of the molecule is O=P(COc1ccccc1OCCCCCOc1ccccc1OCP(=O)(c1ccccc1)c1ccccc1)(c1ccccc1)c1ccccc1. The predicted molar refractivity (Wildman–Crippen MR) is 208 cm³/mol. The molecule has 6 rings (SSSR count). The first-order valence-electron chi connectivity index (χ1n) is 17.2. The molecule has 0 bridgehead atoms. The lowest BCUT2D eigenvalue weighted by molar-refractivity contribution is 0.260. The van der Waals surface area contributed by atoms with Gasteiger partial charge >= 0.3 is 0 Å². The van der Waals surface area contributed by atoms with Crippen LogP contribution in [0.1, 0.15) is 19.3 Å². The molecule has 0 aliphatic carbocycles. The van der Waals surface area contributed by atoms with E-state index < -0.39 is 14.3 Å².